The van der Waals surface area contributed by atoms with Gasteiger partial charge in [-0.3, -0.25) is 0 Å². The highest BCUT2D eigenvalue weighted by Crippen LogP contribution is 2.56. The molecule has 1 N–H and O–H groups in total. The molecule has 1 aromatic carbocycles. The van der Waals surface area contributed by atoms with Crippen LogP contribution in [-0.4, -0.2) is 17.6 Å². The summed E-state index contributed by atoms with van der Waals surface area (Å²) in [7, 11) is 0. The number of esters is 1. The highest BCUT2D eigenvalue weighted by Gasteiger charge is 2.42. The van der Waals surface area contributed by atoms with Crippen LogP contribution < -0.4 is 5.32 Å². The summed E-state index contributed by atoms with van der Waals surface area (Å²) in [5.41, 5.74) is 3.42. The third-order valence-electron chi connectivity index (χ3n) is 5.09. The standard InChI is InChI=1S/C19H18ClFN2O2/c1-2-25-19(24)13-9-22-18(17-11-4-3-10(7-11)16(13)17)23-12-5-6-15(21)14(20)8-12/h5-6,8-11H,2-4,7H2,1H3,(H,22,23). The number of halogens is 2. The van der Waals surface area contributed by atoms with Gasteiger partial charge >= 0.3 is 5.97 Å². The van der Waals surface area contributed by atoms with Crippen molar-refractivity contribution in [2.75, 3.05) is 11.9 Å². The maximum Gasteiger partial charge on any atom is 0.339 e. The Bertz CT molecular complexity index is 856. The van der Waals surface area contributed by atoms with E-state index in [0.29, 0.717) is 29.7 Å². The fourth-order valence-corrected chi connectivity index (χ4v) is 4.26. The normalized spacial score (nSPS) is 20.4. The summed E-state index contributed by atoms with van der Waals surface area (Å²) in [6, 6.07) is 4.49. The predicted molar refractivity (Wildman–Crippen MR) is 94.2 cm³/mol. The molecular formula is C19H18ClFN2O2. The van der Waals surface area contributed by atoms with E-state index in [1.54, 1.807) is 19.2 Å². The van der Waals surface area contributed by atoms with Crippen LogP contribution in [0.15, 0.2) is 24.4 Å². The first-order chi connectivity index (χ1) is 12.1. The molecule has 2 aromatic rings. The third-order valence-corrected chi connectivity index (χ3v) is 5.37. The molecule has 4 nitrogen and oxygen atoms in total. The van der Waals surface area contributed by atoms with Gasteiger partial charge in [-0.1, -0.05) is 11.6 Å². The molecule has 2 unspecified atom stereocenters. The van der Waals surface area contributed by atoms with Crippen molar-refractivity contribution in [3.8, 4) is 0 Å². The number of anilines is 2. The van der Waals surface area contributed by atoms with Crippen molar-refractivity contribution in [1.29, 1.82) is 0 Å². The number of hydrogen-bond donors (Lipinski definition) is 1. The highest BCUT2D eigenvalue weighted by atomic mass is 35.5. The van der Waals surface area contributed by atoms with Crippen molar-refractivity contribution < 1.29 is 13.9 Å². The van der Waals surface area contributed by atoms with Gasteiger partial charge in [0.05, 0.1) is 17.2 Å². The van der Waals surface area contributed by atoms with Gasteiger partial charge in [0.1, 0.15) is 11.6 Å². The minimum atomic E-state index is -0.456. The molecule has 0 spiro atoms. The zero-order valence-electron chi connectivity index (χ0n) is 13.8. The summed E-state index contributed by atoms with van der Waals surface area (Å²) in [4.78, 5) is 16.8. The quantitative estimate of drug-likeness (QED) is 0.765. The summed E-state index contributed by atoms with van der Waals surface area (Å²) in [6.45, 7) is 2.14. The van der Waals surface area contributed by atoms with Gasteiger partial charge in [0.2, 0.25) is 0 Å². The molecule has 1 heterocycles. The van der Waals surface area contributed by atoms with E-state index in [1.165, 1.54) is 12.1 Å². The molecule has 130 valence electrons. The molecular weight excluding hydrogens is 343 g/mol. The number of aromatic nitrogens is 1. The predicted octanol–water partition coefficient (Wildman–Crippen LogP) is 5.16. The lowest BCUT2D eigenvalue weighted by Gasteiger charge is -2.21. The number of ether oxygens (including phenoxy) is 1. The highest BCUT2D eigenvalue weighted by molar-refractivity contribution is 6.31. The second-order valence-corrected chi connectivity index (χ2v) is 6.94. The number of fused-ring (bicyclic) bond motifs is 5. The fraction of sp³-hybridized carbons (Fsp3) is 0.368. The zero-order chi connectivity index (χ0) is 17.6. The van der Waals surface area contributed by atoms with Crippen LogP contribution in [-0.2, 0) is 4.74 Å². The number of rotatable bonds is 4. The number of benzene rings is 1. The van der Waals surface area contributed by atoms with Crippen LogP contribution >= 0.6 is 11.6 Å². The van der Waals surface area contributed by atoms with Crippen LogP contribution in [0.25, 0.3) is 0 Å². The van der Waals surface area contributed by atoms with Gasteiger partial charge in [-0.2, -0.15) is 0 Å². The number of hydrogen-bond acceptors (Lipinski definition) is 4. The first-order valence-electron chi connectivity index (χ1n) is 8.50. The molecule has 0 amide bonds. The van der Waals surface area contributed by atoms with Gasteiger partial charge in [-0.15, -0.1) is 0 Å². The lowest BCUT2D eigenvalue weighted by Crippen LogP contribution is -2.14. The summed E-state index contributed by atoms with van der Waals surface area (Å²) in [5.74, 6) is 0.746. The Hall–Kier alpha value is -2.14. The van der Waals surface area contributed by atoms with Gasteiger partial charge in [-0.25, -0.2) is 14.2 Å². The lowest BCUT2D eigenvalue weighted by molar-refractivity contribution is 0.0524. The Morgan fingerprint density at radius 1 is 1.36 bits per heavy atom. The molecule has 0 saturated heterocycles. The Labute approximate surface area is 150 Å². The maximum absolute atomic E-state index is 13.4. The smallest absolute Gasteiger partial charge is 0.339 e. The first kappa shape index (κ1) is 16.3. The summed E-state index contributed by atoms with van der Waals surface area (Å²) in [5, 5.41) is 3.30. The number of carbonyl (C=O) groups is 1. The van der Waals surface area contributed by atoms with Crippen molar-refractivity contribution in [3.05, 3.63) is 51.9 Å². The van der Waals surface area contributed by atoms with E-state index in [9.17, 15) is 9.18 Å². The molecule has 1 aromatic heterocycles. The van der Waals surface area contributed by atoms with Crippen LogP contribution in [0.3, 0.4) is 0 Å². The summed E-state index contributed by atoms with van der Waals surface area (Å²) in [6.07, 6.45) is 4.83. The van der Waals surface area contributed by atoms with Crippen molar-refractivity contribution in [2.45, 2.75) is 38.0 Å². The van der Waals surface area contributed by atoms with E-state index in [-0.39, 0.29) is 11.0 Å². The van der Waals surface area contributed by atoms with Crippen molar-refractivity contribution in [3.63, 3.8) is 0 Å². The van der Waals surface area contributed by atoms with Gasteiger partial charge < -0.3 is 10.1 Å². The van der Waals surface area contributed by atoms with Crippen LogP contribution in [0, 0.1) is 5.82 Å². The average Bonchev–Trinajstić information content (AvgIpc) is 3.21. The molecule has 25 heavy (non-hydrogen) atoms. The van der Waals surface area contributed by atoms with E-state index < -0.39 is 5.82 Å². The summed E-state index contributed by atoms with van der Waals surface area (Å²) >= 11 is 5.87. The summed E-state index contributed by atoms with van der Waals surface area (Å²) < 4.78 is 18.6. The largest absolute Gasteiger partial charge is 0.462 e. The van der Waals surface area contributed by atoms with Crippen LogP contribution in [0.4, 0.5) is 15.9 Å². The molecule has 1 fully saturated rings. The maximum atomic E-state index is 13.4. The van der Waals surface area contributed by atoms with Crippen LogP contribution in [0.5, 0.6) is 0 Å². The van der Waals surface area contributed by atoms with Gasteiger partial charge in [0, 0.05) is 17.4 Å². The van der Waals surface area contributed by atoms with E-state index in [1.807, 2.05) is 0 Å². The SMILES string of the molecule is CCOC(=O)c1cnc(Nc2ccc(F)c(Cl)c2)c2c1C1CCC2C1. The Balaban J connectivity index is 1.75. The number of nitrogens with one attached hydrogen (secondary N) is 1. The Morgan fingerprint density at radius 3 is 2.84 bits per heavy atom. The molecule has 4 rings (SSSR count). The topological polar surface area (TPSA) is 51.2 Å². The van der Waals surface area contributed by atoms with Gasteiger partial charge in [0.15, 0.2) is 0 Å². The Morgan fingerprint density at radius 2 is 2.12 bits per heavy atom. The second-order valence-electron chi connectivity index (χ2n) is 6.53. The van der Waals surface area contributed by atoms with Gasteiger partial charge in [-0.05, 0) is 61.8 Å². The van der Waals surface area contributed by atoms with E-state index in [0.717, 1.165) is 36.2 Å². The van der Waals surface area contributed by atoms with Crippen molar-refractivity contribution in [2.24, 2.45) is 0 Å². The van der Waals surface area contributed by atoms with Crippen LogP contribution in [0.2, 0.25) is 5.02 Å². The molecule has 2 aliphatic rings. The molecule has 0 radical (unpaired) electrons. The number of carbonyl (C=O) groups excluding carboxylic acids is 1. The molecule has 1 saturated carbocycles. The average molecular weight is 361 g/mol. The van der Waals surface area contributed by atoms with Gasteiger partial charge in [0.25, 0.3) is 0 Å². The molecule has 2 atom stereocenters. The monoisotopic (exact) mass is 360 g/mol. The molecule has 2 bridgehead atoms. The minimum Gasteiger partial charge on any atom is -0.462 e. The molecule has 6 heteroatoms. The van der Waals surface area contributed by atoms with E-state index in [2.05, 4.69) is 10.3 Å². The minimum absolute atomic E-state index is 0.0614. The fourth-order valence-electron chi connectivity index (χ4n) is 4.08. The van der Waals surface area contributed by atoms with Crippen LogP contribution in [0.1, 0.15) is 59.5 Å². The van der Waals surface area contributed by atoms with Crippen molar-refractivity contribution >= 4 is 29.1 Å². The lowest BCUT2D eigenvalue weighted by atomic mass is 9.89. The second kappa shape index (κ2) is 6.30. The zero-order valence-corrected chi connectivity index (χ0v) is 14.6. The number of nitrogens with zero attached hydrogens (tertiary/aromatic N) is 1. The first-order valence-corrected chi connectivity index (χ1v) is 8.88. The molecule has 2 aliphatic carbocycles. The molecule has 0 aliphatic heterocycles. The third kappa shape index (κ3) is 2.76. The van der Waals surface area contributed by atoms with Crippen molar-refractivity contribution in [1.82, 2.24) is 4.98 Å². The van der Waals surface area contributed by atoms with E-state index in [4.69, 9.17) is 16.3 Å². The number of pyridine rings is 1. The van der Waals surface area contributed by atoms with E-state index >= 15 is 0 Å². The Kier molecular flexibility index (Phi) is 4.12.